The maximum Gasteiger partial charge on any atom is 0.0620 e. The standard InChI is InChI=1S/C15H14Br2O/c16-13-5-1-11(2-6-13)9-15(18)10-12-3-7-14(17)8-4-12/h1-8,15,18H,9-10H2. The van der Waals surface area contributed by atoms with Crippen LogP contribution in [0.4, 0.5) is 0 Å². The quantitative estimate of drug-likeness (QED) is 0.848. The van der Waals surface area contributed by atoms with E-state index in [4.69, 9.17) is 0 Å². The predicted octanol–water partition coefficient (Wildman–Crippen LogP) is 4.36. The summed E-state index contributed by atoms with van der Waals surface area (Å²) in [5.41, 5.74) is 2.31. The van der Waals surface area contributed by atoms with Crippen molar-refractivity contribution in [1.29, 1.82) is 0 Å². The molecule has 2 aromatic carbocycles. The number of aliphatic hydroxyl groups excluding tert-OH is 1. The van der Waals surface area contributed by atoms with E-state index in [9.17, 15) is 5.11 Å². The van der Waals surface area contributed by atoms with Crippen LogP contribution in [0.25, 0.3) is 0 Å². The molecular formula is C15H14Br2O. The van der Waals surface area contributed by atoms with Crippen molar-refractivity contribution in [3.05, 3.63) is 68.6 Å². The summed E-state index contributed by atoms with van der Waals surface area (Å²) in [7, 11) is 0. The molecule has 0 aromatic heterocycles. The van der Waals surface area contributed by atoms with Gasteiger partial charge in [0.15, 0.2) is 0 Å². The van der Waals surface area contributed by atoms with Crippen molar-refractivity contribution in [2.75, 3.05) is 0 Å². The van der Waals surface area contributed by atoms with Crippen molar-refractivity contribution in [1.82, 2.24) is 0 Å². The van der Waals surface area contributed by atoms with Crippen LogP contribution in [0.3, 0.4) is 0 Å². The molecule has 18 heavy (non-hydrogen) atoms. The van der Waals surface area contributed by atoms with Crippen molar-refractivity contribution < 1.29 is 5.11 Å². The fourth-order valence-corrected chi connectivity index (χ4v) is 2.39. The lowest BCUT2D eigenvalue weighted by Gasteiger charge is -2.11. The van der Waals surface area contributed by atoms with Crippen LogP contribution in [0.5, 0.6) is 0 Å². The molecule has 0 aliphatic heterocycles. The molecule has 3 heteroatoms. The molecular weight excluding hydrogens is 356 g/mol. The highest BCUT2D eigenvalue weighted by molar-refractivity contribution is 9.10. The van der Waals surface area contributed by atoms with Gasteiger partial charge in [0.25, 0.3) is 0 Å². The van der Waals surface area contributed by atoms with Crippen LogP contribution in [0.2, 0.25) is 0 Å². The van der Waals surface area contributed by atoms with Gasteiger partial charge in [-0.3, -0.25) is 0 Å². The molecule has 0 saturated heterocycles. The minimum Gasteiger partial charge on any atom is -0.392 e. The Morgan fingerprint density at radius 2 is 1.06 bits per heavy atom. The first-order valence-corrected chi connectivity index (χ1v) is 7.39. The number of benzene rings is 2. The van der Waals surface area contributed by atoms with Gasteiger partial charge >= 0.3 is 0 Å². The summed E-state index contributed by atoms with van der Waals surface area (Å²) in [6.45, 7) is 0. The van der Waals surface area contributed by atoms with E-state index in [0.29, 0.717) is 12.8 Å². The SMILES string of the molecule is OC(Cc1ccc(Br)cc1)Cc1ccc(Br)cc1. The van der Waals surface area contributed by atoms with Gasteiger partial charge < -0.3 is 5.11 Å². The highest BCUT2D eigenvalue weighted by Crippen LogP contribution is 2.15. The van der Waals surface area contributed by atoms with E-state index in [2.05, 4.69) is 31.9 Å². The Labute approximate surface area is 124 Å². The summed E-state index contributed by atoms with van der Waals surface area (Å²) in [4.78, 5) is 0. The molecule has 0 amide bonds. The highest BCUT2D eigenvalue weighted by atomic mass is 79.9. The highest BCUT2D eigenvalue weighted by Gasteiger charge is 2.07. The molecule has 1 N–H and O–H groups in total. The van der Waals surface area contributed by atoms with E-state index in [0.717, 1.165) is 20.1 Å². The van der Waals surface area contributed by atoms with E-state index < -0.39 is 0 Å². The second kappa shape index (κ2) is 6.50. The molecule has 0 aliphatic carbocycles. The minimum absolute atomic E-state index is 0.340. The molecule has 0 spiro atoms. The Bertz CT molecular complexity index is 443. The molecule has 0 atom stereocenters. The zero-order valence-corrected chi connectivity index (χ0v) is 13.0. The van der Waals surface area contributed by atoms with Crippen LogP contribution >= 0.6 is 31.9 Å². The van der Waals surface area contributed by atoms with Gasteiger partial charge in [-0.15, -0.1) is 0 Å². The Kier molecular flexibility index (Phi) is 4.98. The summed E-state index contributed by atoms with van der Waals surface area (Å²) < 4.78 is 2.13. The summed E-state index contributed by atoms with van der Waals surface area (Å²) in [5.74, 6) is 0. The molecule has 0 unspecified atom stereocenters. The van der Waals surface area contributed by atoms with Crippen molar-refractivity contribution in [2.24, 2.45) is 0 Å². The smallest absolute Gasteiger partial charge is 0.0620 e. The van der Waals surface area contributed by atoms with Gasteiger partial charge in [0, 0.05) is 8.95 Å². The Balaban J connectivity index is 1.94. The average molecular weight is 370 g/mol. The number of hydrogen-bond donors (Lipinski definition) is 1. The maximum atomic E-state index is 10.1. The van der Waals surface area contributed by atoms with Gasteiger partial charge in [-0.05, 0) is 48.2 Å². The van der Waals surface area contributed by atoms with Crippen molar-refractivity contribution >= 4 is 31.9 Å². The average Bonchev–Trinajstić information content (AvgIpc) is 2.35. The largest absolute Gasteiger partial charge is 0.392 e. The molecule has 1 nitrogen and oxygen atoms in total. The third kappa shape index (κ3) is 4.23. The fraction of sp³-hybridized carbons (Fsp3) is 0.200. The van der Waals surface area contributed by atoms with Gasteiger partial charge in [0.2, 0.25) is 0 Å². The zero-order valence-electron chi connectivity index (χ0n) is 9.81. The van der Waals surface area contributed by atoms with Gasteiger partial charge in [-0.25, -0.2) is 0 Å². The van der Waals surface area contributed by atoms with Crippen molar-refractivity contribution in [3.63, 3.8) is 0 Å². The van der Waals surface area contributed by atoms with E-state index in [1.165, 1.54) is 0 Å². The topological polar surface area (TPSA) is 20.2 Å². The Morgan fingerprint density at radius 1 is 0.722 bits per heavy atom. The molecule has 0 saturated carbocycles. The maximum absolute atomic E-state index is 10.1. The molecule has 94 valence electrons. The molecule has 0 fully saturated rings. The minimum atomic E-state index is -0.340. The predicted molar refractivity (Wildman–Crippen MR) is 81.7 cm³/mol. The Morgan fingerprint density at radius 3 is 1.39 bits per heavy atom. The molecule has 2 rings (SSSR count). The summed E-state index contributed by atoms with van der Waals surface area (Å²) in [6, 6.07) is 16.2. The van der Waals surface area contributed by atoms with E-state index in [1.807, 2.05) is 48.5 Å². The van der Waals surface area contributed by atoms with Crippen molar-refractivity contribution in [2.45, 2.75) is 18.9 Å². The lowest BCUT2D eigenvalue weighted by molar-refractivity contribution is 0.175. The van der Waals surface area contributed by atoms with Crippen molar-refractivity contribution in [3.8, 4) is 0 Å². The van der Waals surface area contributed by atoms with Gasteiger partial charge in [-0.1, -0.05) is 56.1 Å². The number of hydrogen-bond acceptors (Lipinski definition) is 1. The first kappa shape index (κ1) is 13.8. The van der Waals surface area contributed by atoms with Gasteiger partial charge in [0.1, 0.15) is 0 Å². The monoisotopic (exact) mass is 368 g/mol. The lowest BCUT2D eigenvalue weighted by Crippen LogP contribution is -2.13. The number of aliphatic hydroxyl groups is 1. The molecule has 0 heterocycles. The summed E-state index contributed by atoms with van der Waals surface area (Å²) in [5, 5.41) is 10.1. The number of rotatable bonds is 4. The van der Waals surface area contributed by atoms with Crippen LogP contribution in [0.1, 0.15) is 11.1 Å². The molecule has 2 aromatic rings. The summed E-state index contributed by atoms with van der Waals surface area (Å²) in [6.07, 6.45) is 1.03. The van der Waals surface area contributed by atoms with Gasteiger partial charge in [0.05, 0.1) is 6.10 Å². The number of halogens is 2. The summed E-state index contributed by atoms with van der Waals surface area (Å²) >= 11 is 6.81. The van der Waals surface area contributed by atoms with Crippen LogP contribution in [-0.2, 0) is 12.8 Å². The molecule has 0 aliphatic rings. The normalized spacial score (nSPS) is 10.9. The first-order valence-electron chi connectivity index (χ1n) is 5.80. The second-order valence-corrected chi connectivity index (χ2v) is 6.15. The van der Waals surface area contributed by atoms with E-state index >= 15 is 0 Å². The molecule has 0 bridgehead atoms. The van der Waals surface area contributed by atoms with Crippen LogP contribution in [0, 0.1) is 0 Å². The lowest BCUT2D eigenvalue weighted by atomic mass is 10.0. The fourth-order valence-electron chi connectivity index (χ4n) is 1.86. The van der Waals surface area contributed by atoms with E-state index in [1.54, 1.807) is 0 Å². The Hall–Kier alpha value is -0.640. The van der Waals surface area contributed by atoms with Crippen LogP contribution in [0.15, 0.2) is 57.5 Å². The van der Waals surface area contributed by atoms with Gasteiger partial charge in [-0.2, -0.15) is 0 Å². The zero-order chi connectivity index (χ0) is 13.0. The molecule has 0 radical (unpaired) electrons. The third-order valence-corrected chi connectivity index (χ3v) is 3.83. The first-order chi connectivity index (χ1) is 8.63. The van der Waals surface area contributed by atoms with E-state index in [-0.39, 0.29) is 6.10 Å². The second-order valence-electron chi connectivity index (χ2n) is 4.32. The van der Waals surface area contributed by atoms with Crippen LogP contribution < -0.4 is 0 Å². The van der Waals surface area contributed by atoms with Crippen LogP contribution in [-0.4, -0.2) is 11.2 Å². The third-order valence-electron chi connectivity index (χ3n) is 2.77.